The first-order valence-electron chi connectivity index (χ1n) is 12.4. The molecule has 4 atom stereocenters. The number of Topliss-reactive ketones (excluding diaryl/α,β-unsaturated/α-hetero) is 1. The van der Waals surface area contributed by atoms with Crippen LogP contribution in [0.3, 0.4) is 0 Å². The molecule has 0 aromatic heterocycles. The summed E-state index contributed by atoms with van der Waals surface area (Å²) in [4.78, 5) is 45.5. The average molecular weight is 487 g/mol. The number of likely N-dealkylation sites (tertiary alicyclic amines) is 1. The number of ether oxygens (including phenoxy) is 2. The molecule has 0 spiro atoms. The zero-order valence-electron chi connectivity index (χ0n) is 21.5. The molecule has 192 valence electrons. The molecule has 3 aliphatic heterocycles. The summed E-state index contributed by atoms with van der Waals surface area (Å²) in [6, 6.07) is 6.12. The van der Waals surface area contributed by atoms with Gasteiger partial charge in [0.2, 0.25) is 5.91 Å². The maximum absolute atomic E-state index is 13.7. The van der Waals surface area contributed by atoms with Gasteiger partial charge >= 0.3 is 0 Å². The minimum absolute atomic E-state index is 0.0189. The number of likely N-dealkylation sites (N-methyl/N-ethyl adjacent to an activating group) is 1. The van der Waals surface area contributed by atoms with Crippen LogP contribution in [-0.4, -0.2) is 105 Å². The molecule has 3 aliphatic rings. The van der Waals surface area contributed by atoms with Gasteiger partial charge < -0.3 is 29.5 Å². The van der Waals surface area contributed by atoms with Crippen LogP contribution in [0.25, 0.3) is 0 Å². The molecule has 0 bridgehead atoms. The molecule has 2 amide bonds. The molecule has 0 aliphatic carbocycles. The first kappa shape index (κ1) is 25.6. The van der Waals surface area contributed by atoms with E-state index in [1.54, 1.807) is 12.0 Å². The predicted octanol–water partition coefficient (Wildman–Crippen LogP) is 1.17. The van der Waals surface area contributed by atoms with E-state index in [-0.39, 0.29) is 42.3 Å². The van der Waals surface area contributed by atoms with Gasteiger partial charge in [-0.25, -0.2) is 0 Å². The summed E-state index contributed by atoms with van der Waals surface area (Å²) >= 11 is 0. The van der Waals surface area contributed by atoms with Gasteiger partial charge in [0.15, 0.2) is 5.78 Å². The number of carbonyl (C=O) groups excluding carboxylic acids is 3. The van der Waals surface area contributed by atoms with E-state index in [9.17, 15) is 14.4 Å². The second-order valence-corrected chi connectivity index (χ2v) is 11.1. The summed E-state index contributed by atoms with van der Waals surface area (Å²) in [7, 11) is 3.68. The highest BCUT2D eigenvalue weighted by Crippen LogP contribution is 2.31. The van der Waals surface area contributed by atoms with Crippen molar-refractivity contribution in [2.45, 2.75) is 51.5 Å². The molecular formula is C26H38N4O5. The molecule has 4 rings (SSSR count). The van der Waals surface area contributed by atoms with E-state index in [2.05, 4.69) is 22.2 Å². The number of hydrogen-bond donors (Lipinski definition) is 1. The predicted molar refractivity (Wildman–Crippen MR) is 133 cm³/mol. The number of piperazine rings is 1. The van der Waals surface area contributed by atoms with E-state index in [1.807, 2.05) is 45.0 Å². The minimum atomic E-state index is -0.760. The molecule has 35 heavy (non-hydrogen) atoms. The lowest BCUT2D eigenvalue weighted by atomic mass is 9.87. The zero-order valence-corrected chi connectivity index (χ0v) is 21.5. The summed E-state index contributed by atoms with van der Waals surface area (Å²) in [5.41, 5.74) is 1.38. The second-order valence-electron chi connectivity index (χ2n) is 11.1. The molecule has 3 saturated heterocycles. The summed E-state index contributed by atoms with van der Waals surface area (Å²) in [5, 5.41) is 2.96. The summed E-state index contributed by atoms with van der Waals surface area (Å²) < 4.78 is 11.1. The van der Waals surface area contributed by atoms with Crippen LogP contribution in [0.15, 0.2) is 24.3 Å². The van der Waals surface area contributed by atoms with E-state index in [0.717, 1.165) is 31.9 Å². The SMILES string of the molecule is CO[C@H]1CN(C(=O)[C@H](CC(C)(C)C)NC(=O)c2ccc(N3CCN(C)CC3)cc2)[C@@H]2C(=O)CO[C@H]12. The van der Waals surface area contributed by atoms with Gasteiger partial charge in [-0.3, -0.25) is 14.4 Å². The first-order valence-corrected chi connectivity index (χ1v) is 12.4. The van der Waals surface area contributed by atoms with Gasteiger partial charge in [0.05, 0.1) is 6.54 Å². The van der Waals surface area contributed by atoms with Crippen LogP contribution in [-0.2, 0) is 19.1 Å². The minimum Gasteiger partial charge on any atom is -0.377 e. The van der Waals surface area contributed by atoms with Gasteiger partial charge in [0.25, 0.3) is 5.91 Å². The number of fused-ring (bicyclic) bond motifs is 1. The van der Waals surface area contributed by atoms with Crippen molar-refractivity contribution in [3.8, 4) is 0 Å². The third-order valence-electron chi connectivity index (χ3n) is 7.14. The average Bonchev–Trinajstić information content (AvgIpc) is 3.38. The van der Waals surface area contributed by atoms with Gasteiger partial charge in [-0.15, -0.1) is 0 Å². The highest BCUT2D eigenvalue weighted by molar-refractivity contribution is 5.99. The van der Waals surface area contributed by atoms with E-state index < -0.39 is 18.2 Å². The topological polar surface area (TPSA) is 91.4 Å². The van der Waals surface area contributed by atoms with Crippen molar-refractivity contribution in [1.29, 1.82) is 0 Å². The summed E-state index contributed by atoms with van der Waals surface area (Å²) in [6.45, 7) is 10.3. The lowest BCUT2D eigenvalue weighted by Crippen LogP contribution is -2.53. The molecule has 9 heteroatoms. The van der Waals surface area contributed by atoms with Gasteiger partial charge in [-0.05, 0) is 43.1 Å². The lowest BCUT2D eigenvalue weighted by molar-refractivity contribution is -0.138. The Morgan fingerprint density at radius 1 is 1.14 bits per heavy atom. The van der Waals surface area contributed by atoms with Crippen LogP contribution in [0, 0.1) is 5.41 Å². The largest absolute Gasteiger partial charge is 0.377 e. The fraction of sp³-hybridized carbons (Fsp3) is 0.654. The molecule has 3 fully saturated rings. The van der Waals surface area contributed by atoms with Crippen LogP contribution >= 0.6 is 0 Å². The molecule has 9 nitrogen and oxygen atoms in total. The number of ketones is 1. The summed E-state index contributed by atoms with van der Waals surface area (Å²) in [5.74, 6) is -0.690. The van der Waals surface area contributed by atoms with Gasteiger partial charge in [-0.1, -0.05) is 20.8 Å². The number of carbonyl (C=O) groups is 3. The number of hydrogen-bond acceptors (Lipinski definition) is 7. The Labute approximate surface area is 207 Å². The highest BCUT2D eigenvalue weighted by atomic mass is 16.5. The Hall–Kier alpha value is -2.49. The number of rotatable bonds is 6. The fourth-order valence-electron chi connectivity index (χ4n) is 5.19. The molecule has 0 radical (unpaired) electrons. The van der Waals surface area contributed by atoms with Gasteiger partial charge in [-0.2, -0.15) is 0 Å². The number of nitrogens with one attached hydrogen (secondary N) is 1. The third-order valence-corrected chi connectivity index (χ3v) is 7.14. The van der Waals surface area contributed by atoms with E-state index in [4.69, 9.17) is 9.47 Å². The zero-order chi connectivity index (χ0) is 25.3. The lowest BCUT2D eigenvalue weighted by Gasteiger charge is -2.34. The molecule has 0 saturated carbocycles. The van der Waals surface area contributed by atoms with Crippen LogP contribution in [0.2, 0.25) is 0 Å². The normalized spacial score (nSPS) is 26.1. The van der Waals surface area contributed by atoms with Crippen molar-refractivity contribution < 1.29 is 23.9 Å². The van der Waals surface area contributed by atoms with E-state index in [0.29, 0.717) is 12.0 Å². The smallest absolute Gasteiger partial charge is 0.251 e. The Morgan fingerprint density at radius 3 is 2.40 bits per heavy atom. The van der Waals surface area contributed by atoms with Crippen molar-refractivity contribution in [2.24, 2.45) is 5.41 Å². The fourth-order valence-corrected chi connectivity index (χ4v) is 5.19. The first-order chi connectivity index (χ1) is 16.6. The van der Waals surface area contributed by atoms with Crippen molar-refractivity contribution in [3.05, 3.63) is 29.8 Å². The molecule has 1 N–H and O–H groups in total. The van der Waals surface area contributed by atoms with Crippen molar-refractivity contribution in [1.82, 2.24) is 15.1 Å². The highest BCUT2D eigenvalue weighted by Gasteiger charge is 2.53. The standard InChI is InChI=1S/C26H38N4O5/c1-26(2,3)14-19(25(33)30-15-21(34-5)23-22(30)20(31)16-35-23)27-24(32)17-6-8-18(9-7-17)29-12-10-28(4)11-13-29/h6-9,19,21-23H,10-16H2,1-5H3,(H,27,32)/t19-,21-,22+,23+/m0/s1. The second kappa shape index (κ2) is 10.2. The third kappa shape index (κ3) is 5.68. The number of nitrogens with zero attached hydrogens (tertiary/aromatic N) is 3. The molecule has 3 heterocycles. The monoisotopic (exact) mass is 486 g/mol. The van der Waals surface area contributed by atoms with Crippen LogP contribution in [0.1, 0.15) is 37.6 Å². The molecular weight excluding hydrogens is 448 g/mol. The number of methoxy groups -OCH3 is 1. The van der Waals surface area contributed by atoms with Crippen molar-refractivity contribution >= 4 is 23.3 Å². The maximum atomic E-state index is 13.7. The van der Waals surface area contributed by atoms with Crippen LogP contribution < -0.4 is 10.2 Å². The maximum Gasteiger partial charge on any atom is 0.251 e. The Morgan fingerprint density at radius 2 is 1.80 bits per heavy atom. The molecule has 1 aromatic carbocycles. The van der Waals surface area contributed by atoms with E-state index >= 15 is 0 Å². The van der Waals surface area contributed by atoms with Crippen molar-refractivity contribution in [2.75, 3.05) is 58.4 Å². The molecule has 1 aromatic rings. The van der Waals surface area contributed by atoms with E-state index in [1.165, 1.54) is 0 Å². The molecule has 0 unspecified atom stereocenters. The van der Waals surface area contributed by atoms with Crippen LogP contribution in [0.5, 0.6) is 0 Å². The summed E-state index contributed by atoms with van der Waals surface area (Å²) in [6.07, 6.45) is -0.370. The Balaban J connectivity index is 1.48. The van der Waals surface area contributed by atoms with Gasteiger partial charge in [0, 0.05) is 44.5 Å². The number of benzene rings is 1. The Kier molecular flexibility index (Phi) is 7.49. The van der Waals surface area contributed by atoms with Crippen molar-refractivity contribution in [3.63, 3.8) is 0 Å². The number of anilines is 1. The Bertz CT molecular complexity index is 936. The quantitative estimate of drug-likeness (QED) is 0.645. The van der Waals surface area contributed by atoms with Gasteiger partial charge in [0.1, 0.15) is 30.9 Å². The number of amides is 2. The van der Waals surface area contributed by atoms with Crippen LogP contribution in [0.4, 0.5) is 5.69 Å².